The molecule has 7 nitrogen and oxygen atoms in total. The number of piperidine rings is 1. The number of amides is 1. The monoisotopic (exact) mass is 506 g/mol. The molecule has 200 valence electrons. The van der Waals surface area contributed by atoms with E-state index in [1.165, 1.54) is 5.56 Å². The van der Waals surface area contributed by atoms with Crippen molar-refractivity contribution in [2.24, 2.45) is 5.92 Å². The van der Waals surface area contributed by atoms with Crippen LogP contribution in [-0.2, 0) is 10.2 Å². The third-order valence-corrected chi connectivity index (χ3v) is 6.88. The van der Waals surface area contributed by atoms with Crippen molar-refractivity contribution >= 4 is 17.1 Å². The maximum Gasteiger partial charge on any atom is 0.410 e. The van der Waals surface area contributed by atoms with Crippen LogP contribution in [0.3, 0.4) is 0 Å². The lowest BCUT2D eigenvalue weighted by atomic mass is 9.87. The molecule has 7 heteroatoms. The number of carbonyl (C=O) groups is 1. The second-order valence-electron chi connectivity index (χ2n) is 12.2. The van der Waals surface area contributed by atoms with Gasteiger partial charge in [-0.25, -0.2) is 14.8 Å². The number of hydrogen-bond acceptors (Lipinski definition) is 5. The predicted octanol–water partition coefficient (Wildman–Crippen LogP) is 7.12. The molecule has 1 saturated heterocycles. The molecule has 2 aromatic heterocycles. The number of unbranched alkanes of at least 4 members (excludes halogenated alkanes) is 1. The molecule has 0 bridgehead atoms. The average Bonchev–Trinajstić information content (AvgIpc) is 3.26. The van der Waals surface area contributed by atoms with Gasteiger partial charge in [0, 0.05) is 30.9 Å². The zero-order valence-corrected chi connectivity index (χ0v) is 23.3. The summed E-state index contributed by atoms with van der Waals surface area (Å²) < 4.78 is 11.5. The van der Waals surface area contributed by atoms with Crippen LogP contribution >= 0.6 is 0 Å². The van der Waals surface area contributed by atoms with Crippen molar-refractivity contribution in [1.29, 1.82) is 0 Å². The van der Waals surface area contributed by atoms with Crippen LogP contribution in [0.4, 0.5) is 4.79 Å². The Morgan fingerprint density at radius 3 is 2.51 bits per heavy atom. The first-order valence-electron chi connectivity index (χ1n) is 13.6. The molecule has 1 amide bonds. The minimum Gasteiger partial charge on any atom is -0.478 e. The molecule has 1 aromatic carbocycles. The fraction of sp³-hybridized carbons (Fsp3) is 0.567. The van der Waals surface area contributed by atoms with E-state index in [0.29, 0.717) is 18.4 Å². The molecule has 4 rings (SSSR count). The number of fused-ring (bicyclic) bond motifs is 1. The van der Waals surface area contributed by atoms with Crippen LogP contribution in [0.25, 0.3) is 22.4 Å². The Hall–Kier alpha value is -3.09. The molecule has 0 aliphatic carbocycles. The van der Waals surface area contributed by atoms with Gasteiger partial charge in [0.15, 0.2) is 0 Å². The number of hydrogen-bond donors (Lipinski definition) is 1. The smallest absolute Gasteiger partial charge is 0.410 e. The summed E-state index contributed by atoms with van der Waals surface area (Å²) in [5.74, 6) is 2.11. The summed E-state index contributed by atoms with van der Waals surface area (Å²) in [5.41, 5.74) is 3.88. The quantitative estimate of drug-likeness (QED) is 0.345. The number of likely N-dealkylation sites (tertiary alicyclic amines) is 1. The van der Waals surface area contributed by atoms with E-state index in [9.17, 15) is 4.79 Å². The van der Waals surface area contributed by atoms with Gasteiger partial charge in [0.05, 0.1) is 17.6 Å². The lowest BCUT2D eigenvalue weighted by Gasteiger charge is -2.33. The van der Waals surface area contributed by atoms with Crippen LogP contribution < -0.4 is 4.74 Å². The topological polar surface area (TPSA) is 80.3 Å². The van der Waals surface area contributed by atoms with Crippen LogP contribution in [0.15, 0.2) is 36.5 Å². The Bertz CT molecular complexity index is 1200. The first-order valence-corrected chi connectivity index (χ1v) is 13.6. The number of carbonyl (C=O) groups excluding carboxylic acids is 1. The van der Waals surface area contributed by atoms with Crippen molar-refractivity contribution in [1.82, 2.24) is 19.9 Å². The largest absolute Gasteiger partial charge is 0.478 e. The van der Waals surface area contributed by atoms with Crippen molar-refractivity contribution in [2.75, 3.05) is 19.7 Å². The van der Waals surface area contributed by atoms with Crippen LogP contribution in [0, 0.1) is 5.92 Å². The number of H-pyrrole nitrogens is 1. The Morgan fingerprint density at radius 2 is 1.81 bits per heavy atom. The SMILES string of the molecule is CC(C)(C)OC(=O)N1CCC(CCCCOc2cc(-c3nc4cc(C(C)(C)C)ccc4[nH]3)ccn2)CC1. The number of aromatic amines is 1. The van der Waals surface area contributed by atoms with Crippen LogP contribution in [-0.4, -0.2) is 51.2 Å². The molecule has 0 spiro atoms. The van der Waals surface area contributed by atoms with E-state index in [2.05, 4.69) is 48.9 Å². The molecule has 1 fully saturated rings. The summed E-state index contributed by atoms with van der Waals surface area (Å²) in [5, 5.41) is 0. The molecule has 3 aromatic rings. The predicted molar refractivity (Wildman–Crippen MR) is 148 cm³/mol. The molecule has 1 aliphatic rings. The maximum atomic E-state index is 12.2. The number of imidazole rings is 1. The van der Waals surface area contributed by atoms with Gasteiger partial charge in [0.2, 0.25) is 5.88 Å². The number of aromatic nitrogens is 3. The molecule has 0 unspecified atom stereocenters. The fourth-order valence-electron chi connectivity index (χ4n) is 4.69. The molecule has 0 radical (unpaired) electrons. The first kappa shape index (κ1) is 27.0. The summed E-state index contributed by atoms with van der Waals surface area (Å²) >= 11 is 0. The molecule has 3 heterocycles. The Kier molecular flexibility index (Phi) is 8.10. The van der Waals surface area contributed by atoms with E-state index >= 15 is 0 Å². The fourth-order valence-corrected chi connectivity index (χ4v) is 4.69. The van der Waals surface area contributed by atoms with E-state index in [1.807, 2.05) is 37.8 Å². The average molecular weight is 507 g/mol. The first-order chi connectivity index (χ1) is 17.5. The third-order valence-electron chi connectivity index (χ3n) is 6.88. The zero-order chi connectivity index (χ0) is 26.6. The second-order valence-corrected chi connectivity index (χ2v) is 12.2. The standard InChI is InChI=1S/C30H42N4O3/c1-29(2,3)23-10-11-24-25(20-23)33-27(32-24)22-12-15-31-26(19-22)36-18-8-7-9-21-13-16-34(17-14-21)28(35)37-30(4,5)6/h10-12,15,19-21H,7-9,13-14,16-18H2,1-6H3,(H,32,33). The zero-order valence-electron chi connectivity index (χ0n) is 23.3. The highest BCUT2D eigenvalue weighted by atomic mass is 16.6. The highest BCUT2D eigenvalue weighted by Gasteiger charge is 2.26. The lowest BCUT2D eigenvalue weighted by molar-refractivity contribution is 0.0180. The molecule has 0 saturated carbocycles. The normalized spacial score (nSPS) is 15.2. The maximum absolute atomic E-state index is 12.2. The molecule has 37 heavy (non-hydrogen) atoms. The van der Waals surface area contributed by atoms with Crippen molar-refractivity contribution in [3.63, 3.8) is 0 Å². The summed E-state index contributed by atoms with van der Waals surface area (Å²) in [7, 11) is 0. The summed E-state index contributed by atoms with van der Waals surface area (Å²) in [4.78, 5) is 26.7. The Balaban J connectivity index is 1.22. The van der Waals surface area contributed by atoms with Crippen molar-refractivity contribution in [2.45, 2.75) is 84.7 Å². The van der Waals surface area contributed by atoms with Crippen LogP contribution in [0.2, 0.25) is 0 Å². The highest BCUT2D eigenvalue weighted by molar-refractivity contribution is 5.80. The highest BCUT2D eigenvalue weighted by Crippen LogP contribution is 2.28. The number of nitrogens with zero attached hydrogens (tertiary/aromatic N) is 3. The number of benzene rings is 1. The van der Waals surface area contributed by atoms with E-state index < -0.39 is 5.60 Å². The van der Waals surface area contributed by atoms with E-state index in [1.54, 1.807) is 6.20 Å². The van der Waals surface area contributed by atoms with E-state index in [0.717, 1.165) is 67.6 Å². The van der Waals surface area contributed by atoms with Gasteiger partial charge in [-0.1, -0.05) is 33.3 Å². The van der Waals surface area contributed by atoms with Crippen molar-refractivity contribution in [3.8, 4) is 17.3 Å². The number of rotatable bonds is 7. The second kappa shape index (κ2) is 11.1. The summed E-state index contributed by atoms with van der Waals surface area (Å²) in [6, 6.07) is 10.3. The Labute approximate surface area is 221 Å². The van der Waals surface area contributed by atoms with Crippen molar-refractivity contribution in [3.05, 3.63) is 42.1 Å². The van der Waals surface area contributed by atoms with Gasteiger partial charge < -0.3 is 19.4 Å². The third kappa shape index (κ3) is 7.46. The lowest BCUT2D eigenvalue weighted by Crippen LogP contribution is -2.41. The number of nitrogens with one attached hydrogen (secondary N) is 1. The Morgan fingerprint density at radius 1 is 1.05 bits per heavy atom. The van der Waals surface area contributed by atoms with Gasteiger partial charge in [-0.3, -0.25) is 0 Å². The number of ether oxygens (including phenoxy) is 2. The molecular formula is C30H42N4O3. The number of pyridine rings is 1. The van der Waals surface area contributed by atoms with Gasteiger partial charge in [0.1, 0.15) is 11.4 Å². The molecular weight excluding hydrogens is 464 g/mol. The van der Waals surface area contributed by atoms with Gasteiger partial charge >= 0.3 is 6.09 Å². The van der Waals surface area contributed by atoms with E-state index in [4.69, 9.17) is 14.5 Å². The molecule has 1 N–H and O–H groups in total. The minimum atomic E-state index is -0.440. The molecule has 1 aliphatic heterocycles. The molecule has 0 atom stereocenters. The van der Waals surface area contributed by atoms with E-state index in [-0.39, 0.29) is 11.5 Å². The van der Waals surface area contributed by atoms with Gasteiger partial charge in [0.25, 0.3) is 0 Å². The van der Waals surface area contributed by atoms with Gasteiger partial charge in [-0.15, -0.1) is 0 Å². The summed E-state index contributed by atoms with van der Waals surface area (Å²) in [6.45, 7) is 14.6. The van der Waals surface area contributed by atoms with Crippen LogP contribution in [0.5, 0.6) is 5.88 Å². The van der Waals surface area contributed by atoms with Crippen LogP contribution in [0.1, 0.15) is 79.2 Å². The minimum absolute atomic E-state index is 0.0857. The summed E-state index contributed by atoms with van der Waals surface area (Å²) in [6.07, 6.45) is 6.92. The van der Waals surface area contributed by atoms with Crippen molar-refractivity contribution < 1.29 is 14.3 Å². The van der Waals surface area contributed by atoms with Gasteiger partial charge in [-0.05, 0) is 81.5 Å². The van der Waals surface area contributed by atoms with Gasteiger partial charge in [-0.2, -0.15) is 0 Å².